The maximum Gasteiger partial charge on any atom is 0.277 e. The second kappa shape index (κ2) is 6.45. The molecule has 0 N–H and O–H groups in total. The number of hydrogen-bond acceptors (Lipinski definition) is 5. The lowest BCUT2D eigenvalue weighted by molar-refractivity contribution is 0.466. The van der Waals surface area contributed by atoms with Crippen LogP contribution >= 0.6 is 11.8 Å². The number of nitrogens with zero attached hydrogens (tertiary/aromatic N) is 3. The van der Waals surface area contributed by atoms with Gasteiger partial charge in [0.2, 0.25) is 5.89 Å². The average molecular weight is 333 g/mol. The number of aromatic nitrogens is 3. The monoisotopic (exact) mass is 333 g/mol. The Morgan fingerprint density at radius 1 is 1.00 bits per heavy atom. The third-order valence-electron chi connectivity index (χ3n) is 3.72. The van der Waals surface area contributed by atoms with Crippen LogP contribution in [0.4, 0.5) is 0 Å². The van der Waals surface area contributed by atoms with E-state index in [0.29, 0.717) is 11.1 Å². The highest BCUT2D eigenvalue weighted by molar-refractivity contribution is 7.98. The van der Waals surface area contributed by atoms with Crippen LogP contribution in [0.5, 0.6) is 0 Å². The van der Waals surface area contributed by atoms with Crippen molar-refractivity contribution in [1.29, 1.82) is 0 Å². The van der Waals surface area contributed by atoms with Gasteiger partial charge in [0.25, 0.3) is 5.22 Å². The Balaban J connectivity index is 1.58. The second-order valence-corrected chi connectivity index (χ2v) is 6.49. The summed E-state index contributed by atoms with van der Waals surface area (Å²) in [6.45, 7) is 2.03. The predicted molar refractivity (Wildman–Crippen MR) is 95.8 cm³/mol. The van der Waals surface area contributed by atoms with Crippen LogP contribution in [0.25, 0.3) is 22.2 Å². The summed E-state index contributed by atoms with van der Waals surface area (Å²) in [5.41, 5.74) is 3.25. The van der Waals surface area contributed by atoms with E-state index in [4.69, 9.17) is 4.42 Å². The van der Waals surface area contributed by atoms with E-state index in [1.165, 1.54) is 11.8 Å². The van der Waals surface area contributed by atoms with Crippen LogP contribution in [0, 0.1) is 6.92 Å². The van der Waals surface area contributed by atoms with Gasteiger partial charge in [-0.1, -0.05) is 54.2 Å². The van der Waals surface area contributed by atoms with E-state index in [9.17, 15) is 0 Å². The zero-order chi connectivity index (χ0) is 16.4. The van der Waals surface area contributed by atoms with Crippen LogP contribution in [0.3, 0.4) is 0 Å². The maximum atomic E-state index is 5.85. The quantitative estimate of drug-likeness (QED) is 0.498. The lowest BCUT2D eigenvalue weighted by atomic mass is 10.0. The van der Waals surface area contributed by atoms with Crippen LogP contribution in [0.2, 0.25) is 0 Å². The van der Waals surface area contributed by atoms with E-state index in [1.807, 2.05) is 43.6 Å². The minimum atomic E-state index is 0.552. The van der Waals surface area contributed by atoms with Gasteiger partial charge in [-0.3, -0.25) is 4.98 Å². The molecule has 2 heterocycles. The van der Waals surface area contributed by atoms with Crippen molar-refractivity contribution in [2.75, 3.05) is 0 Å². The second-order valence-electron chi connectivity index (χ2n) is 5.56. The van der Waals surface area contributed by atoms with Crippen molar-refractivity contribution in [3.05, 3.63) is 72.1 Å². The minimum absolute atomic E-state index is 0.552. The zero-order valence-electron chi connectivity index (χ0n) is 13.1. The number of aryl methyl sites for hydroxylation is 1. The van der Waals surface area contributed by atoms with E-state index in [0.717, 1.165) is 33.2 Å². The highest BCUT2D eigenvalue weighted by Gasteiger charge is 2.12. The van der Waals surface area contributed by atoms with Crippen LogP contribution < -0.4 is 0 Å². The molecule has 2 aromatic carbocycles. The van der Waals surface area contributed by atoms with Crippen LogP contribution in [0.15, 0.2) is 70.6 Å². The summed E-state index contributed by atoms with van der Waals surface area (Å²) >= 11 is 1.52. The molecule has 0 spiro atoms. The third-order valence-corrected chi connectivity index (χ3v) is 4.61. The van der Waals surface area contributed by atoms with Gasteiger partial charge >= 0.3 is 0 Å². The lowest BCUT2D eigenvalue weighted by Gasteiger charge is -2.02. The van der Waals surface area contributed by atoms with Gasteiger partial charge in [0, 0.05) is 23.7 Å². The van der Waals surface area contributed by atoms with Crippen molar-refractivity contribution in [2.24, 2.45) is 0 Å². The Bertz CT molecular complexity index is 991. The fourth-order valence-electron chi connectivity index (χ4n) is 2.63. The van der Waals surface area contributed by atoms with Gasteiger partial charge in [-0.05, 0) is 34.9 Å². The Hall–Kier alpha value is -2.66. The molecule has 24 heavy (non-hydrogen) atoms. The first-order chi connectivity index (χ1) is 11.8. The molecule has 118 valence electrons. The molecule has 4 nitrogen and oxygen atoms in total. The molecule has 0 saturated carbocycles. The number of hydrogen-bond donors (Lipinski definition) is 0. The lowest BCUT2D eigenvalue weighted by Crippen LogP contribution is -1.84. The fourth-order valence-corrected chi connectivity index (χ4v) is 3.31. The Morgan fingerprint density at radius 2 is 1.88 bits per heavy atom. The molecular weight excluding hydrogens is 318 g/mol. The highest BCUT2D eigenvalue weighted by atomic mass is 32.2. The first-order valence-electron chi connectivity index (χ1n) is 7.64. The van der Waals surface area contributed by atoms with Gasteiger partial charge in [-0.15, -0.1) is 10.2 Å². The van der Waals surface area contributed by atoms with Crippen LogP contribution in [-0.4, -0.2) is 15.2 Å². The normalized spacial score (nSPS) is 11.0. The van der Waals surface area contributed by atoms with Gasteiger partial charge in [0.05, 0.1) is 0 Å². The topological polar surface area (TPSA) is 51.8 Å². The summed E-state index contributed by atoms with van der Waals surface area (Å²) in [5, 5.41) is 11.2. The van der Waals surface area contributed by atoms with Gasteiger partial charge in [-0.2, -0.15) is 0 Å². The molecule has 5 heteroatoms. The van der Waals surface area contributed by atoms with E-state index < -0.39 is 0 Å². The van der Waals surface area contributed by atoms with Crippen molar-refractivity contribution >= 4 is 22.5 Å². The molecule has 2 aromatic heterocycles. The molecule has 0 amide bonds. The molecule has 4 rings (SSSR count). The number of pyridine rings is 1. The maximum absolute atomic E-state index is 5.85. The average Bonchev–Trinajstić information content (AvgIpc) is 3.08. The van der Waals surface area contributed by atoms with Crippen molar-refractivity contribution in [3.8, 4) is 11.5 Å². The van der Waals surface area contributed by atoms with Crippen molar-refractivity contribution in [3.63, 3.8) is 0 Å². The van der Waals surface area contributed by atoms with Crippen molar-refractivity contribution in [1.82, 2.24) is 15.2 Å². The summed E-state index contributed by atoms with van der Waals surface area (Å²) in [7, 11) is 0. The number of benzene rings is 2. The van der Waals surface area contributed by atoms with Gasteiger partial charge in [0.1, 0.15) is 0 Å². The molecule has 0 radical (unpaired) electrons. The first-order valence-corrected chi connectivity index (χ1v) is 8.63. The van der Waals surface area contributed by atoms with Crippen LogP contribution in [0.1, 0.15) is 11.1 Å². The minimum Gasteiger partial charge on any atom is -0.411 e. The summed E-state index contributed by atoms with van der Waals surface area (Å²) in [6.07, 6.45) is 3.71. The van der Waals surface area contributed by atoms with Gasteiger partial charge in [0.15, 0.2) is 0 Å². The SMILES string of the molecule is Cc1cncc(CSc2nnc(-c3cccc4ccccc34)o2)c1. The van der Waals surface area contributed by atoms with Crippen LogP contribution in [-0.2, 0) is 5.75 Å². The Labute approximate surface area is 144 Å². The molecule has 0 bridgehead atoms. The Kier molecular flexibility index (Phi) is 4.01. The summed E-state index contributed by atoms with van der Waals surface area (Å²) in [5.74, 6) is 1.31. The molecule has 0 saturated heterocycles. The molecule has 4 aromatic rings. The molecule has 0 atom stereocenters. The predicted octanol–water partition coefficient (Wildman–Crippen LogP) is 4.89. The molecule has 0 fully saturated rings. The third kappa shape index (κ3) is 3.03. The molecular formula is C19H15N3OS. The van der Waals surface area contributed by atoms with E-state index in [2.05, 4.69) is 39.4 Å². The summed E-state index contributed by atoms with van der Waals surface area (Å²) in [6, 6.07) is 16.4. The highest BCUT2D eigenvalue weighted by Crippen LogP contribution is 2.30. The van der Waals surface area contributed by atoms with Gasteiger partial charge < -0.3 is 4.42 Å². The smallest absolute Gasteiger partial charge is 0.277 e. The molecule has 0 aliphatic rings. The number of fused-ring (bicyclic) bond motifs is 1. The molecule has 0 aliphatic heterocycles. The molecule has 0 unspecified atom stereocenters. The Morgan fingerprint density at radius 3 is 2.79 bits per heavy atom. The van der Waals surface area contributed by atoms with E-state index in [-0.39, 0.29) is 0 Å². The number of rotatable bonds is 4. The van der Waals surface area contributed by atoms with Crippen molar-refractivity contribution in [2.45, 2.75) is 17.9 Å². The van der Waals surface area contributed by atoms with E-state index >= 15 is 0 Å². The fraction of sp³-hybridized carbons (Fsp3) is 0.105. The molecule has 0 aliphatic carbocycles. The summed E-state index contributed by atoms with van der Waals surface area (Å²) in [4.78, 5) is 4.20. The van der Waals surface area contributed by atoms with Crippen molar-refractivity contribution < 1.29 is 4.42 Å². The largest absolute Gasteiger partial charge is 0.411 e. The number of thioether (sulfide) groups is 1. The standard InChI is InChI=1S/C19H15N3OS/c1-13-9-14(11-20-10-13)12-24-19-22-21-18(23-19)17-8-4-6-15-5-2-3-7-16(15)17/h2-11H,12H2,1H3. The first kappa shape index (κ1) is 14.9. The van der Waals surface area contributed by atoms with Gasteiger partial charge in [-0.25, -0.2) is 0 Å². The zero-order valence-corrected chi connectivity index (χ0v) is 14.0. The van der Waals surface area contributed by atoms with E-state index in [1.54, 1.807) is 0 Å². The summed E-state index contributed by atoms with van der Waals surface area (Å²) < 4.78 is 5.85.